The van der Waals surface area contributed by atoms with Crippen LogP contribution < -0.4 is 0 Å². The van der Waals surface area contributed by atoms with Gasteiger partial charge in [0, 0.05) is 0 Å². The van der Waals surface area contributed by atoms with Crippen molar-refractivity contribution in [3.05, 3.63) is 23.1 Å². The molecular weight excluding hydrogens is 196 g/mol. The summed E-state index contributed by atoms with van der Waals surface area (Å²) in [5, 5.41) is 11.5. The van der Waals surface area contributed by atoms with Crippen LogP contribution in [0.4, 0.5) is 0 Å². The van der Waals surface area contributed by atoms with Crippen LogP contribution in [-0.4, -0.2) is 19.8 Å². The summed E-state index contributed by atoms with van der Waals surface area (Å²) in [5.41, 5.74) is 0.753. The lowest BCUT2D eigenvalue weighted by Crippen LogP contribution is -1.88. The first kappa shape index (κ1) is 5.79. The maximum absolute atomic E-state index is 4.04. The van der Waals surface area contributed by atoms with Gasteiger partial charge in [-0.25, -0.2) is 0 Å². The van der Waals surface area contributed by atoms with Crippen LogP contribution in [0, 0.1) is 0 Å². The highest BCUT2D eigenvalue weighted by Crippen LogP contribution is 2.04. The van der Waals surface area contributed by atoms with Crippen molar-refractivity contribution in [2.24, 2.45) is 0 Å². The number of rotatable bonds is 0. The average Bonchev–Trinajstić information content (AvgIpc) is 2.33. The maximum atomic E-state index is 4.04. The number of nitrogens with zero attached hydrogens (tertiary/aromatic N) is 4. The molecule has 0 aliphatic heterocycles. The molecule has 2 heterocycles. The topological polar surface area (TPSA) is 43.1 Å². The summed E-state index contributed by atoms with van der Waals surface area (Å²) in [6, 6.07) is 3.66. The SMILES string of the molecule is Brc1ccc2nncn2n1. The Kier molecular flexibility index (Phi) is 1.17. The van der Waals surface area contributed by atoms with E-state index in [-0.39, 0.29) is 0 Å². The van der Waals surface area contributed by atoms with E-state index in [0.717, 1.165) is 10.3 Å². The van der Waals surface area contributed by atoms with E-state index in [4.69, 9.17) is 0 Å². The molecule has 0 atom stereocenters. The van der Waals surface area contributed by atoms with E-state index in [1.165, 1.54) is 0 Å². The first-order chi connectivity index (χ1) is 4.86. The summed E-state index contributed by atoms with van der Waals surface area (Å²) < 4.78 is 2.38. The molecule has 0 saturated heterocycles. The molecule has 2 aromatic rings. The van der Waals surface area contributed by atoms with E-state index >= 15 is 0 Å². The van der Waals surface area contributed by atoms with Crippen LogP contribution in [0.3, 0.4) is 0 Å². The maximum Gasteiger partial charge on any atom is 0.177 e. The molecule has 0 spiro atoms. The van der Waals surface area contributed by atoms with E-state index in [1.54, 1.807) is 10.8 Å². The van der Waals surface area contributed by atoms with Crippen molar-refractivity contribution in [1.82, 2.24) is 19.8 Å². The fourth-order valence-corrected chi connectivity index (χ4v) is 1.01. The molecule has 2 rings (SSSR count). The van der Waals surface area contributed by atoms with Crippen LogP contribution in [0.5, 0.6) is 0 Å². The molecular formula is C5H3BrN4. The number of fused-ring (bicyclic) bond motifs is 1. The zero-order valence-electron chi connectivity index (χ0n) is 4.90. The van der Waals surface area contributed by atoms with E-state index in [9.17, 15) is 0 Å². The Morgan fingerprint density at radius 1 is 1.40 bits per heavy atom. The number of hydrogen-bond donors (Lipinski definition) is 0. The average molecular weight is 199 g/mol. The Bertz CT molecular complexity index is 355. The second kappa shape index (κ2) is 2.02. The monoisotopic (exact) mass is 198 g/mol. The molecule has 0 fully saturated rings. The molecule has 2 aromatic heterocycles. The third-order valence-corrected chi connectivity index (χ3v) is 1.55. The second-order valence-corrected chi connectivity index (χ2v) is 2.60. The number of halogens is 1. The van der Waals surface area contributed by atoms with Crippen LogP contribution in [0.15, 0.2) is 23.1 Å². The van der Waals surface area contributed by atoms with Gasteiger partial charge in [0.15, 0.2) is 5.65 Å². The molecule has 10 heavy (non-hydrogen) atoms. The van der Waals surface area contributed by atoms with Gasteiger partial charge in [0.2, 0.25) is 0 Å². The zero-order chi connectivity index (χ0) is 6.97. The molecule has 0 saturated carbocycles. The highest BCUT2D eigenvalue weighted by atomic mass is 79.9. The molecule has 0 aliphatic carbocycles. The molecule has 4 nitrogen and oxygen atoms in total. The van der Waals surface area contributed by atoms with Crippen LogP contribution >= 0.6 is 15.9 Å². The van der Waals surface area contributed by atoms with Crippen molar-refractivity contribution in [1.29, 1.82) is 0 Å². The molecule has 5 heteroatoms. The first-order valence-electron chi connectivity index (χ1n) is 2.69. The molecule has 0 amide bonds. The van der Waals surface area contributed by atoms with Gasteiger partial charge < -0.3 is 0 Å². The van der Waals surface area contributed by atoms with Crippen molar-refractivity contribution < 1.29 is 0 Å². The van der Waals surface area contributed by atoms with Crippen molar-refractivity contribution in [3.8, 4) is 0 Å². The second-order valence-electron chi connectivity index (χ2n) is 1.79. The normalized spacial score (nSPS) is 10.5. The summed E-state index contributed by atoms with van der Waals surface area (Å²) in [6.07, 6.45) is 1.56. The predicted molar refractivity (Wildman–Crippen MR) is 38.5 cm³/mol. The molecule has 0 bridgehead atoms. The van der Waals surface area contributed by atoms with Crippen LogP contribution in [0.1, 0.15) is 0 Å². The fraction of sp³-hybridized carbons (Fsp3) is 0. The molecule has 50 valence electrons. The van der Waals surface area contributed by atoms with E-state index in [2.05, 4.69) is 31.2 Å². The van der Waals surface area contributed by atoms with Crippen molar-refractivity contribution >= 4 is 21.6 Å². The summed E-state index contributed by atoms with van der Waals surface area (Å²) in [4.78, 5) is 0. The third-order valence-electron chi connectivity index (χ3n) is 1.13. The Morgan fingerprint density at radius 3 is 3.20 bits per heavy atom. The van der Waals surface area contributed by atoms with Crippen LogP contribution in [-0.2, 0) is 0 Å². The minimum Gasteiger partial charge on any atom is -0.199 e. The highest BCUT2D eigenvalue weighted by molar-refractivity contribution is 9.10. The predicted octanol–water partition coefficient (Wildman–Crippen LogP) is 0.887. The molecule has 0 radical (unpaired) electrons. The zero-order valence-corrected chi connectivity index (χ0v) is 6.48. The molecule has 0 aliphatic rings. The Balaban J connectivity index is 2.86. The third kappa shape index (κ3) is 0.786. The summed E-state index contributed by atoms with van der Waals surface area (Å²) in [6.45, 7) is 0. The molecule has 0 unspecified atom stereocenters. The van der Waals surface area contributed by atoms with Gasteiger partial charge >= 0.3 is 0 Å². The van der Waals surface area contributed by atoms with Crippen LogP contribution in [0.25, 0.3) is 5.65 Å². The van der Waals surface area contributed by atoms with E-state index in [0.29, 0.717) is 0 Å². The minimum absolute atomic E-state index is 0.753. The fourth-order valence-electron chi connectivity index (χ4n) is 0.705. The lowest BCUT2D eigenvalue weighted by molar-refractivity contribution is 0.908. The first-order valence-corrected chi connectivity index (χ1v) is 3.48. The Morgan fingerprint density at radius 2 is 2.30 bits per heavy atom. The summed E-state index contributed by atoms with van der Waals surface area (Å²) >= 11 is 3.23. The lowest BCUT2D eigenvalue weighted by Gasteiger charge is -1.88. The van der Waals surface area contributed by atoms with E-state index < -0.39 is 0 Å². The molecule has 0 N–H and O–H groups in total. The Labute approximate surface area is 65.0 Å². The smallest absolute Gasteiger partial charge is 0.177 e. The van der Waals surface area contributed by atoms with Gasteiger partial charge in [-0.15, -0.1) is 10.2 Å². The van der Waals surface area contributed by atoms with Gasteiger partial charge in [0.1, 0.15) is 10.9 Å². The standard InChI is InChI=1S/C5H3BrN4/c6-4-1-2-5-8-7-3-10(5)9-4/h1-3H. The van der Waals surface area contributed by atoms with Crippen molar-refractivity contribution in [2.45, 2.75) is 0 Å². The van der Waals surface area contributed by atoms with Gasteiger partial charge in [0.25, 0.3) is 0 Å². The van der Waals surface area contributed by atoms with Gasteiger partial charge in [-0.2, -0.15) is 9.61 Å². The van der Waals surface area contributed by atoms with Gasteiger partial charge in [-0.05, 0) is 28.1 Å². The summed E-state index contributed by atoms with van der Waals surface area (Å²) in [5.74, 6) is 0. The van der Waals surface area contributed by atoms with Gasteiger partial charge in [0.05, 0.1) is 0 Å². The van der Waals surface area contributed by atoms with E-state index in [1.807, 2.05) is 12.1 Å². The quantitative estimate of drug-likeness (QED) is 0.632. The lowest BCUT2D eigenvalue weighted by atomic mass is 10.6. The summed E-state index contributed by atoms with van der Waals surface area (Å²) in [7, 11) is 0. The Hall–Kier alpha value is -0.970. The largest absolute Gasteiger partial charge is 0.199 e. The van der Waals surface area contributed by atoms with Crippen molar-refractivity contribution in [2.75, 3.05) is 0 Å². The minimum atomic E-state index is 0.753. The highest BCUT2D eigenvalue weighted by Gasteiger charge is 1.93. The van der Waals surface area contributed by atoms with Gasteiger partial charge in [-0.3, -0.25) is 0 Å². The van der Waals surface area contributed by atoms with Gasteiger partial charge in [-0.1, -0.05) is 0 Å². The number of aromatic nitrogens is 4. The number of hydrogen-bond acceptors (Lipinski definition) is 3. The molecule has 0 aromatic carbocycles. The van der Waals surface area contributed by atoms with Crippen molar-refractivity contribution in [3.63, 3.8) is 0 Å². The van der Waals surface area contributed by atoms with Crippen LogP contribution in [0.2, 0.25) is 0 Å².